The third-order valence-electron chi connectivity index (χ3n) is 1.55. The Labute approximate surface area is 128 Å². The maximum atomic E-state index is 12.2. The van der Waals surface area contributed by atoms with Gasteiger partial charge in [-0.3, -0.25) is 0 Å². The molecule has 0 saturated carbocycles. The molecule has 0 radical (unpaired) electrons. The first-order valence-electron chi connectivity index (χ1n) is 3.51. The number of benzene rings is 1. The molecule has 1 aromatic rings. The van der Waals surface area contributed by atoms with Gasteiger partial charge in [-0.15, -0.1) is 5.46 Å². The predicted molar refractivity (Wildman–Crippen MR) is 51.0 cm³/mol. The largest absolute Gasteiger partial charge is 1.00 e. The molecule has 1 rings (SSSR count). The summed E-state index contributed by atoms with van der Waals surface area (Å²) in [4.78, 5) is -0.0260. The number of rotatable bonds is 2. The number of thiocarbonyl (C=S) groups is 1. The number of halogens is 3. The normalized spacial score (nSPS) is 10.5. The first-order valence-corrected chi connectivity index (χ1v) is 3.92. The van der Waals surface area contributed by atoms with E-state index in [-0.39, 0.29) is 61.9 Å². The molecule has 0 atom stereocenters. The summed E-state index contributed by atoms with van der Waals surface area (Å²) in [6.07, 6.45) is 0. The van der Waals surface area contributed by atoms with E-state index in [4.69, 9.17) is 5.73 Å². The van der Waals surface area contributed by atoms with Gasteiger partial charge in [0.05, 0.1) is 0 Å². The predicted octanol–water partition coefficient (Wildman–Crippen LogP) is -1.62. The molecular weight excluding hydrogens is 237 g/mol. The summed E-state index contributed by atoms with van der Waals surface area (Å²) in [6, 6.07) is 4.71. The molecule has 0 saturated heterocycles. The molecule has 0 unspecified atom stereocenters. The molecule has 0 aliphatic rings. The molecule has 7 heteroatoms. The SMILES string of the molecule is NC(=S)c1cccc([B-](F)(F)F)c1.[K+]. The molecule has 0 aliphatic heterocycles. The summed E-state index contributed by atoms with van der Waals surface area (Å²) in [6.45, 7) is -4.97. The zero-order chi connectivity index (χ0) is 10.1. The van der Waals surface area contributed by atoms with Gasteiger partial charge in [0.15, 0.2) is 0 Å². The van der Waals surface area contributed by atoms with Crippen LogP contribution in [-0.4, -0.2) is 12.0 Å². The van der Waals surface area contributed by atoms with Crippen LogP contribution in [0.5, 0.6) is 0 Å². The van der Waals surface area contributed by atoms with Gasteiger partial charge in [0.25, 0.3) is 0 Å². The zero-order valence-corrected chi connectivity index (χ0v) is 11.4. The quantitative estimate of drug-likeness (QED) is 0.499. The van der Waals surface area contributed by atoms with Crippen molar-refractivity contribution in [3.63, 3.8) is 0 Å². The van der Waals surface area contributed by atoms with Crippen LogP contribution in [0.25, 0.3) is 0 Å². The molecule has 14 heavy (non-hydrogen) atoms. The van der Waals surface area contributed by atoms with Crippen molar-refractivity contribution in [2.45, 2.75) is 0 Å². The first kappa shape index (κ1) is 14.6. The van der Waals surface area contributed by atoms with Crippen molar-refractivity contribution >= 4 is 29.6 Å². The summed E-state index contributed by atoms with van der Waals surface area (Å²) < 4.78 is 36.6. The van der Waals surface area contributed by atoms with Crippen LogP contribution >= 0.6 is 12.2 Å². The zero-order valence-electron chi connectivity index (χ0n) is 7.51. The maximum absolute atomic E-state index is 12.2. The van der Waals surface area contributed by atoms with Crippen molar-refractivity contribution < 1.29 is 64.3 Å². The molecule has 2 N–H and O–H groups in total. The van der Waals surface area contributed by atoms with E-state index in [1.165, 1.54) is 12.1 Å². The molecule has 70 valence electrons. The van der Waals surface area contributed by atoms with Crippen LogP contribution in [0, 0.1) is 0 Å². The van der Waals surface area contributed by atoms with E-state index in [1.807, 2.05) is 0 Å². The van der Waals surface area contributed by atoms with Crippen molar-refractivity contribution in [2.24, 2.45) is 5.73 Å². The summed E-state index contributed by atoms with van der Waals surface area (Å²) in [5, 5.41) is 0. The second-order valence-electron chi connectivity index (χ2n) is 2.56. The second-order valence-corrected chi connectivity index (χ2v) is 3.00. The van der Waals surface area contributed by atoms with Gasteiger partial charge in [-0.25, -0.2) is 0 Å². The summed E-state index contributed by atoms with van der Waals surface area (Å²) in [5.74, 6) is 0. The van der Waals surface area contributed by atoms with Crippen molar-refractivity contribution in [1.82, 2.24) is 0 Å². The van der Waals surface area contributed by atoms with Gasteiger partial charge in [0.2, 0.25) is 0 Å². The summed E-state index contributed by atoms with van der Waals surface area (Å²) in [5.41, 5.74) is 4.76. The topological polar surface area (TPSA) is 26.0 Å². The fourth-order valence-electron chi connectivity index (χ4n) is 0.896. The van der Waals surface area contributed by atoms with Crippen molar-refractivity contribution in [1.29, 1.82) is 0 Å². The third-order valence-corrected chi connectivity index (χ3v) is 1.78. The van der Waals surface area contributed by atoms with E-state index >= 15 is 0 Å². The molecular formula is C7H6BF3KNS. The van der Waals surface area contributed by atoms with E-state index < -0.39 is 12.4 Å². The molecule has 0 aromatic heterocycles. The minimum absolute atomic E-state index is 0. The van der Waals surface area contributed by atoms with Crippen LogP contribution in [-0.2, 0) is 0 Å². The van der Waals surface area contributed by atoms with Gasteiger partial charge in [0, 0.05) is 5.56 Å². The Morgan fingerprint density at radius 3 is 2.29 bits per heavy atom. The molecule has 0 fully saturated rings. The Morgan fingerprint density at radius 2 is 1.86 bits per heavy atom. The molecule has 0 amide bonds. The van der Waals surface area contributed by atoms with Gasteiger partial charge in [-0.05, 0) is 0 Å². The monoisotopic (exact) mass is 243 g/mol. The van der Waals surface area contributed by atoms with Crippen molar-refractivity contribution in [3.8, 4) is 0 Å². The summed E-state index contributed by atoms with van der Waals surface area (Å²) >= 11 is 4.56. The van der Waals surface area contributed by atoms with E-state index in [0.717, 1.165) is 12.1 Å². The minimum atomic E-state index is -4.97. The van der Waals surface area contributed by atoms with Crippen molar-refractivity contribution in [2.75, 3.05) is 0 Å². The van der Waals surface area contributed by atoms with Gasteiger partial charge >= 0.3 is 58.4 Å². The first-order chi connectivity index (χ1) is 5.91. The number of nitrogens with two attached hydrogens (primary N) is 1. The van der Waals surface area contributed by atoms with E-state index in [2.05, 4.69) is 12.2 Å². The van der Waals surface area contributed by atoms with E-state index in [0.29, 0.717) is 0 Å². The van der Waals surface area contributed by atoms with Crippen LogP contribution in [0.2, 0.25) is 0 Å². The maximum Gasteiger partial charge on any atom is 1.00 e. The Balaban J connectivity index is 0.00000169. The average molecular weight is 243 g/mol. The van der Waals surface area contributed by atoms with Crippen LogP contribution in [0.15, 0.2) is 24.3 Å². The molecule has 0 bridgehead atoms. The molecule has 1 nitrogen and oxygen atoms in total. The van der Waals surface area contributed by atoms with Gasteiger partial charge < -0.3 is 18.7 Å². The Kier molecular flexibility index (Phi) is 5.86. The standard InChI is InChI=1S/C7H6BF3NS.K/c9-8(10,11)6-3-1-2-5(4-6)7(12)13;/h1-4H,(H2,12,13);/q-1;+1. The number of hydrogen-bond donors (Lipinski definition) is 1. The van der Waals surface area contributed by atoms with Crippen molar-refractivity contribution in [3.05, 3.63) is 29.8 Å². The molecule has 0 heterocycles. The Morgan fingerprint density at radius 1 is 1.29 bits per heavy atom. The fraction of sp³-hybridized carbons (Fsp3) is 0. The molecule has 0 aliphatic carbocycles. The summed E-state index contributed by atoms with van der Waals surface area (Å²) in [7, 11) is 0. The second kappa shape index (κ2) is 5.62. The smallest absolute Gasteiger partial charge is 0.445 e. The fourth-order valence-corrected chi connectivity index (χ4v) is 1.02. The van der Waals surface area contributed by atoms with E-state index in [9.17, 15) is 12.9 Å². The van der Waals surface area contributed by atoms with Gasteiger partial charge in [-0.2, -0.15) is 0 Å². The van der Waals surface area contributed by atoms with E-state index in [1.54, 1.807) is 0 Å². The van der Waals surface area contributed by atoms with Crippen LogP contribution in [0.3, 0.4) is 0 Å². The average Bonchev–Trinajstić information content (AvgIpc) is 2.03. The number of hydrogen-bond acceptors (Lipinski definition) is 1. The minimum Gasteiger partial charge on any atom is -0.445 e. The van der Waals surface area contributed by atoms with Crippen LogP contribution in [0.1, 0.15) is 5.56 Å². The van der Waals surface area contributed by atoms with Crippen LogP contribution < -0.4 is 62.6 Å². The van der Waals surface area contributed by atoms with Crippen LogP contribution in [0.4, 0.5) is 12.9 Å². The Hall–Kier alpha value is 0.601. The van der Waals surface area contributed by atoms with Gasteiger partial charge in [-0.1, -0.05) is 36.5 Å². The van der Waals surface area contributed by atoms with Gasteiger partial charge in [0.1, 0.15) is 4.99 Å². The molecule has 0 spiro atoms. The Bertz CT molecular complexity index is 342. The third kappa shape index (κ3) is 4.00. The molecule has 1 aromatic carbocycles.